The number of carbonyl (C=O) groups is 3. The third-order valence-electron chi connectivity index (χ3n) is 4.00. The van der Waals surface area contributed by atoms with Gasteiger partial charge in [0, 0.05) is 10.6 Å². The minimum absolute atomic E-state index is 0.217. The number of thiophene rings is 1. The molecule has 0 radical (unpaired) electrons. The molecule has 26 heavy (non-hydrogen) atoms. The second kappa shape index (κ2) is 8.80. The van der Waals surface area contributed by atoms with Crippen molar-refractivity contribution in [2.45, 2.75) is 46.6 Å². The molecule has 6 nitrogen and oxygen atoms in total. The number of rotatable bonds is 8. The molecule has 0 unspecified atom stereocenters. The van der Waals surface area contributed by atoms with Gasteiger partial charge in [-0.25, -0.2) is 4.79 Å². The van der Waals surface area contributed by atoms with Crippen molar-refractivity contribution in [3.8, 4) is 0 Å². The minimum Gasteiger partial charge on any atom is -0.462 e. The quantitative estimate of drug-likeness (QED) is 0.561. The van der Waals surface area contributed by atoms with E-state index in [4.69, 9.17) is 9.47 Å². The molecule has 2 rings (SSSR count). The van der Waals surface area contributed by atoms with Crippen LogP contribution in [-0.2, 0) is 20.7 Å². The first-order valence-corrected chi connectivity index (χ1v) is 9.35. The predicted octanol–water partition coefficient (Wildman–Crippen LogP) is 3.62. The molecule has 2 aromatic heterocycles. The summed E-state index contributed by atoms with van der Waals surface area (Å²) in [6, 6.07) is 3.88. The zero-order chi connectivity index (χ0) is 19.3. The molecule has 2 aromatic rings. The van der Waals surface area contributed by atoms with Gasteiger partial charge >= 0.3 is 11.9 Å². The third kappa shape index (κ3) is 4.60. The van der Waals surface area contributed by atoms with Crippen molar-refractivity contribution in [3.63, 3.8) is 0 Å². The van der Waals surface area contributed by atoms with E-state index in [1.54, 1.807) is 32.1 Å². The summed E-state index contributed by atoms with van der Waals surface area (Å²) in [6.45, 7) is 6.89. The monoisotopic (exact) mass is 377 g/mol. The molecule has 0 bridgehead atoms. The first kappa shape index (κ1) is 19.9. The lowest BCUT2D eigenvalue weighted by Gasteiger charge is -2.12. The number of aromatic amines is 1. The molecule has 0 aliphatic heterocycles. The highest BCUT2D eigenvalue weighted by Crippen LogP contribution is 2.21. The van der Waals surface area contributed by atoms with Crippen LogP contribution >= 0.6 is 11.3 Å². The van der Waals surface area contributed by atoms with Gasteiger partial charge in [-0.3, -0.25) is 9.59 Å². The van der Waals surface area contributed by atoms with E-state index in [2.05, 4.69) is 4.98 Å². The largest absolute Gasteiger partial charge is 0.462 e. The minimum atomic E-state index is -0.933. The van der Waals surface area contributed by atoms with Crippen molar-refractivity contribution in [1.82, 2.24) is 4.98 Å². The number of Topliss-reactive ketones (excluding diaryl/α,β-unsaturated/α-hetero) is 1. The zero-order valence-corrected chi connectivity index (χ0v) is 16.2. The van der Waals surface area contributed by atoms with Gasteiger partial charge in [0.1, 0.15) is 0 Å². The average Bonchev–Trinajstić information content (AvgIpc) is 3.20. The Balaban J connectivity index is 2.02. The summed E-state index contributed by atoms with van der Waals surface area (Å²) in [6.07, 6.45) is -0.127. The highest BCUT2D eigenvalue weighted by atomic mass is 32.1. The second-order valence-electron chi connectivity index (χ2n) is 5.92. The number of hydrogen-bond donors (Lipinski definition) is 1. The Morgan fingerprint density at radius 2 is 2.00 bits per heavy atom. The lowest BCUT2D eigenvalue weighted by Crippen LogP contribution is -2.25. The van der Waals surface area contributed by atoms with Crippen LogP contribution in [0.4, 0.5) is 0 Å². The van der Waals surface area contributed by atoms with Gasteiger partial charge < -0.3 is 14.5 Å². The first-order valence-electron chi connectivity index (χ1n) is 8.47. The maximum absolute atomic E-state index is 12.6. The maximum atomic E-state index is 12.6. The Hall–Kier alpha value is -2.41. The van der Waals surface area contributed by atoms with E-state index in [0.29, 0.717) is 23.2 Å². The van der Waals surface area contributed by atoms with Gasteiger partial charge in [-0.15, -0.1) is 11.3 Å². The number of H-pyrrole nitrogens is 1. The smallest absolute Gasteiger partial charge is 0.340 e. The van der Waals surface area contributed by atoms with Crippen LogP contribution in [0.2, 0.25) is 0 Å². The van der Waals surface area contributed by atoms with Crippen LogP contribution in [0.1, 0.15) is 57.2 Å². The van der Waals surface area contributed by atoms with Gasteiger partial charge in [0.15, 0.2) is 6.10 Å². The van der Waals surface area contributed by atoms with Crippen LogP contribution in [-0.4, -0.2) is 35.4 Å². The first-order chi connectivity index (χ1) is 12.3. The third-order valence-corrected chi connectivity index (χ3v) is 4.93. The standard InChI is InChI=1S/C19H23NO5S/c1-5-24-19(23)16-11(2)17(20-12(16)3)18(22)13(4)25-15(21)9-8-14-7-6-10-26-14/h6-7,10,13,20H,5,8-9H2,1-4H3/t13-/m1/s1. The highest BCUT2D eigenvalue weighted by molar-refractivity contribution is 7.09. The van der Waals surface area contributed by atoms with Gasteiger partial charge in [0.25, 0.3) is 0 Å². The van der Waals surface area contributed by atoms with E-state index in [1.165, 1.54) is 6.92 Å². The summed E-state index contributed by atoms with van der Waals surface area (Å²) in [7, 11) is 0. The van der Waals surface area contributed by atoms with Crippen molar-refractivity contribution in [2.75, 3.05) is 6.61 Å². The predicted molar refractivity (Wildman–Crippen MR) is 98.7 cm³/mol. The molecule has 0 amide bonds. The van der Waals surface area contributed by atoms with Crippen LogP contribution in [0, 0.1) is 13.8 Å². The SMILES string of the molecule is CCOC(=O)c1c(C)[nH]c(C(=O)[C@@H](C)OC(=O)CCc2cccs2)c1C. The Bertz CT molecular complexity index is 791. The number of aryl methyl sites for hydroxylation is 2. The highest BCUT2D eigenvalue weighted by Gasteiger charge is 2.27. The van der Waals surface area contributed by atoms with E-state index < -0.39 is 18.0 Å². The summed E-state index contributed by atoms with van der Waals surface area (Å²) in [5, 5.41) is 1.95. The van der Waals surface area contributed by atoms with E-state index in [1.807, 2.05) is 17.5 Å². The molecule has 7 heteroatoms. The number of aromatic nitrogens is 1. The van der Waals surface area contributed by atoms with Crippen molar-refractivity contribution < 1.29 is 23.9 Å². The van der Waals surface area contributed by atoms with Crippen LogP contribution in [0.5, 0.6) is 0 Å². The number of carbonyl (C=O) groups excluding carboxylic acids is 3. The lowest BCUT2D eigenvalue weighted by atomic mass is 10.1. The summed E-state index contributed by atoms with van der Waals surface area (Å²) < 4.78 is 10.3. The molecule has 0 spiro atoms. The molecule has 0 aliphatic carbocycles. The second-order valence-corrected chi connectivity index (χ2v) is 6.95. The van der Waals surface area contributed by atoms with Gasteiger partial charge in [-0.1, -0.05) is 6.07 Å². The lowest BCUT2D eigenvalue weighted by molar-refractivity contribution is -0.146. The molecule has 1 atom stereocenters. The Labute approximate surface area is 156 Å². The molecule has 0 saturated carbocycles. The van der Waals surface area contributed by atoms with Crippen molar-refractivity contribution in [2.24, 2.45) is 0 Å². The number of ketones is 1. The molecule has 0 saturated heterocycles. The van der Waals surface area contributed by atoms with Gasteiger partial charge in [0.05, 0.1) is 24.3 Å². The fourth-order valence-corrected chi connectivity index (χ4v) is 3.41. The fourth-order valence-electron chi connectivity index (χ4n) is 2.70. The molecule has 0 aliphatic rings. The number of ether oxygens (including phenoxy) is 2. The van der Waals surface area contributed by atoms with Crippen LogP contribution in [0.25, 0.3) is 0 Å². The molecular weight excluding hydrogens is 354 g/mol. The summed E-state index contributed by atoms with van der Waals surface area (Å²) in [5.74, 6) is -1.27. The number of esters is 2. The molecule has 0 aromatic carbocycles. The molecule has 1 N–H and O–H groups in total. The van der Waals surface area contributed by atoms with Crippen molar-refractivity contribution >= 4 is 29.1 Å². The summed E-state index contributed by atoms with van der Waals surface area (Å²) in [5.41, 5.74) is 1.68. The van der Waals surface area contributed by atoms with Gasteiger partial charge in [-0.05, 0) is 51.1 Å². The van der Waals surface area contributed by atoms with E-state index >= 15 is 0 Å². The normalized spacial score (nSPS) is 11.8. The van der Waals surface area contributed by atoms with Crippen LogP contribution in [0.15, 0.2) is 17.5 Å². The number of hydrogen-bond acceptors (Lipinski definition) is 6. The Morgan fingerprint density at radius 3 is 2.62 bits per heavy atom. The maximum Gasteiger partial charge on any atom is 0.340 e. The molecule has 140 valence electrons. The Kier molecular flexibility index (Phi) is 6.74. The van der Waals surface area contributed by atoms with Crippen molar-refractivity contribution in [1.29, 1.82) is 0 Å². The zero-order valence-electron chi connectivity index (χ0n) is 15.4. The Morgan fingerprint density at radius 1 is 1.27 bits per heavy atom. The van der Waals surface area contributed by atoms with E-state index in [-0.39, 0.29) is 24.5 Å². The topological polar surface area (TPSA) is 85.5 Å². The summed E-state index contributed by atoms with van der Waals surface area (Å²) >= 11 is 1.58. The summed E-state index contributed by atoms with van der Waals surface area (Å²) in [4.78, 5) is 40.6. The van der Waals surface area contributed by atoms with Crippen LogP contribution < -0.4 is 0 Å². The van der Waals surface area contributed by atoms with E-state index in [9.17, 15) is 14.4 Å². The molecule has 2 heterocycles. The van der Waals surface area contributed by atoms with Crippen LogP contribution in [0.3, 0.4) is 0 Å². The fraction of sp³-hybridized carbons (Fsp3) is 0.421. The molecular formula is C19H23NO5S. The molecule has 0 fully saturated rings. The number of nitrogens with one attached hydrogen (secondary N) is 1. The van der Waals surface area contributed by atoms with Gasteiger partial charge in [0.2, 0.25) is 5.78 Å². The van der Waals surface area contributed by atoms with Crippen molar-refractivity contribution in [3.05, 3.63) is 44.9 Å². The average molecular weight is 377 g/mol. The van der Waals surface area contributed by atoms with E-state index in [0.717, 1.165) is 4.88 Å². The van der Waals surface area contributed by atoms with Gasteiger partial charge in [-0.2, -0.15) is 0 Å².